The zero-order valence-corrected chi connectivity index (χ0v) is 12.2. The van der Waals surface area contributed by atoms with Crippen molar-refractivity contribution in [1.82, 2.24) is 4.98 Å². The van der Waals surface area contributed by atoms with Gasteiger partial charge in [0.25, 0.3) is 0 Å². The van der Waals surface area contributed by atoms with Crippen molar-refractivity contribution in [2.75, 3.05) is 0 Å². The van der Waals surface area contributed by atoms with E-state index in [1.807, 2.05) is 33.8 Å². The van der Waals surface area contributed by atoms with Gasteiger partial charge in [0.1, 0.15) is 0 Å². The third kappa shape index (κ3) is 8.88. The van der Waals surface area contributed by atoms with Gasteiger partial charge in [-0.2, -0.15) is 6.07 Å². The maximum absolute atomic E-state index is 3.98. The quantitative estimate of drug-likeness (QED) is 0.414. The van der Waals surface area contributed by atoms with Crippen LogP contribution in [0.4, 0.5) is 0 Å². The Kier molecular flexibility index (Phi) is 18.2. The molecule has 0 fully saturated rings. The molecule has 1 nitrogen and oxygen atoms in total. The number of nitrogens with zero attached hydrogens (tertiary/aromatic N) is 1. The molecule has 1 aromatic heterocycles. The van der Waals surface area contributed by atoms with Crippen LogP contribution in [0.5, 0.6) is 0 Å². The van der Waals surface area contributed by atoms with Crippen LogP contribution in [0.2, 0.25) is 0 Å². The summed E-state index contributed by atoms with van der Waals surface area (Å²) < 4.78 is 0. The molecular weight excluding hydrogens is 173 g/mol. The van der Waals surface area contributed by atoms with Gasteiger partial charge in [0, 0.05) is 0 Å². The van der Waals surface area contributed by atoms with E-state index in [9.17, 15) is 0 Å². The molecule has 1 aromatic rings. The first-order chi connectivity index (χ1) is 4.79. The van der Waals surface area contributed by atoms with Crippen LogP contribution in [0.25, 0.3) is 0 Å². The topological polar surface area (TPSA) is 12.9 Å². The van der Waals surface area contributed by atoms with Crippen molar-refractivity contribution in [3.8, 4) is 0 Å². The summed E-state index contributed by atoms with van der Waals surface area (Å²) in [6.45, 7) is 7.98. The molecule has 0 atom stereocenters. The Bertz CT molecular complexity index is 170. The van der Waals surface area contributed by atoms with Crippen molar-refractivity contribution in [2.45, 2.75) is 27.7 Å². The minimum atomic E-state index is 0. The van der Waals surface area contributed by atoms with Crippen molar-refractivity contribution in [3.63, 3.8) is 0 Å². The van der Waals surface area contributed by atoms with E-state index in [4.69, 9.17) is 0 Å². The summed E-state index contributed by atoms with van der Waals surface area (Å²) in [6.07, 6.45) is 1.70. The Labute approximate surface area is 119 Å². The number of aryl methyl sites for hydroxylation is 2. The molecule has 0 saturated carbocycles. The first kappa shape index (κ1) is 18.5. The van der Waals surface area contributed by atoms with Crippen molar-refractivity contribution < 1.29 is 51.4 Å². The van der Waals surface area contributed by atoms with Crippen LogP contribution in [0.15, 0.2) is 12.3 Å². The molecule has 64 valence electrons. The fourth-order valence-corrected chi connectivity index (χ4v) is 0.628. The molecule has 1 rings (SSSR count). The van der Waals surface area contributed by atoms with Gasteiger partial charge in [-0.05, 0) is 12.6 Å². The first-order valence-electron chi connectivity index (χ1n) is 3.60. The van der Waals surface area contributed by atoms with Gasteiger partial charge in [-0.3, -0.25) is 0 Å². The van der Waals surface area contributed by atoms with Crippen LogP contribution in [-0.2, 0) is 0 Å². The second-order valence-electron chi connectivity index (χ2n) is 1.87. The normalized spacial score (nSPS) is 6.67. The second-order valence-corrected chi connectivity index (χ2v) is 1.87. The predicted molar refractivity (Wildman–Crippen MR) is 50.3 cm³/mol. The van der Waals surface area contributed by atoms with Crippen LogP contribution < -0.4 is 51.4 Å². The number of rotatable bonds is 0. The van der Waals surface area contributed by atoms with Gasteiger partial charge in [-0.15, -0.1) is 0 Å². The van der Waals surface area contributed by atoms with E-state index in [2.05, 4.69) is 11.1 Å². The molecular formula is C10H17KN-. The van der Waals surface area contributed by atoms with Gasteiger partial charge in [0.2, 0.25) is 0 Å². The zero-order chi connectivity index (χ0) is 7.98. The van der Waals surface area contributed by atoms with Gasteiger partial charge in [-0.1, -0.05) is 27.0 Å². The fourth-order valence-electron chi connectivity index (χ4n) is 0.628. The Morgan fingerprint density at radius 3 is 2.00 bits per heavy atom. The Balaban J connectivity index is -0.000000189. The number of hydrogen-bond acceptors (Lipinski definition) is 1. The van der Waals surface area contributed by atoms with Crippen molar-refractivity contribution in [2.24, 2.45) is 0 Å². The molecule has 0 spiro atoms. The number of pyridine rings is 1. The van der Waals surface area contributed by atoms with Crippen molar-refractivity contribution in [3.05, 3.63) is 37.0 Å². The molecule has 0 radical (unpaired) electrons. The monoisotopic (exact) mass is 190 g/mol. The van der Waals surface area contributed by atoms with Crippen LogP contribution in [-0.4, -0.2) is 4.98 Å². The molecule has 0 bridgehead atoms. The van der Waals surface area contributed by atoms with Gasteiger partial charge < -0.3 is 12.4 Å². The van der Waals surface area contributed by atoms with E-state index in [0.29, 0.717) is 0 Å². The molecule has 0 unspecified atom stereocenters. The third-order valence-electron chi connectivity index (χ3n) is 0.986. The smallest absolute Gasteiger partial charge is 0.358 e. The summed E-state index contributed by atoms with van der Waals surface area (Å²) in [7, 11) is 0. The fraction of sp³-hybridized carbons (Fsp3) is 0.400. The van der Waals surface area contributed by atoms with Gasteiger partial charge in [-0.25, -0.2) is 11.6 Å². The van der Waals surface area contributed by atoms with Crippen LogP contribution in [0.1, 0.15) is 25.1 Å². The molecule has 0 aromatic carbocycles. The van der Waals surface area contributed by atoms with E-state index < -0.39 is 0 Å². The van der Waals surface area contributed by atoms with E-state index in [0.717, 1.165) is 11.3 Å². The standard InChI is InChI=1S/C7H8N.C2H6.CH3.K/c1-6-3-4-8-7(2)5-6;1-2;;/h4-5H,1-2H3;1-2H3;1H3;/q-1;;-1;+1. The molecule has 0 aliphatic rings. The van der Waals surface area contributed by atoms with Crippen LogP contribution in [0.3, 0.4) is 0 Å². The van der Waals surface area contributed by atoms with Crippen LogP contribution >= 0.6 is 0 Å². The minimum Gasteiger partial charge on any atom is -0.358 e. The zero-order valence-electron chi connectivity index (χ0n) is 9.10. The Morgan fingerprint density at radius 1 is 1.25 bits per heavy atom. The molecule has 2 heteroatoms. The number of aromatic nitrogens is 1. The molecule has 0 aliphatic carbocycles. The summed E-state index contributed by atoms with van der Waals surface area (Å²) in [6, 6.07) is 4.96. The first-order valence-corrected chi connectivity index (χ1v) is 3.60. The number of hydrogen-bond donors (Lipinski definition) is 0. The summed E-state index contributed by atoms with van der Waals surface area (Å²) in [4.78, 5) is 3.98. The van der Waals surface area contributed by atoms with Crippen molar-refractivity contribution >= 4 is 0 Å². The largest absolute Gasteiger partial charge is 1.00 e. The summed E-state index contributed by atoms with van der Waals surface area (Å²) >= 11 is 0. The summed E-state index contributed by atoms with van der Waals surface area (Å²) in [5, 5.41) is 0. The summed E-state index contributed by atoms with van der Waals surface area (Å²) in [5.74, 6) is 0. The van der Waals surface area contributed by atoms with E-state index in [-0.39, 0.29) is 58.8 Å². The molecule has 0 aliphatic heterocycles. The maximum Gasteiger partial charge on any atom is 1.00 e. The minimum absolute atomic E-state index is 0. The Morgan fingerprint density at radius 2 is 1.75 bits per heavy atom. The average Bonchev–Trinajstić information content (AvgIpc) is 1.91. The molecule has 0 N–H and O–H groups in total. The van der Waals surface area contributed by atoms with Crippen molar-refractivity contribution in [1.29, 1.82) is 0 Å². The third-order valence-corrected chi connectivity index (χ3v) is 0.986. The molecule has 12 heavy (non-hydrogen) atoms. The molecule has 0 amide bonds. The van der Waals surface area contributed by atoms with E-state index >= 15 is 0 Å². The second kappa shape index (κ2) is 11.8. The van der Waals surface area contributed by atoms with Gasteiger partial charge in [0.15, 0.2) is 0 Å². The molecule has 1 heterocycles. The van der Waals surface area contributed by atoms with E-state index in [1.165, 1.54) is 0 Å². The predicted octanol–water partition coefficient (Wildman–Crippen LogP) is -0.0209. The van der Waals surface area contributed by atoms with Crippen LogP contribution in [0, 0.1) is 27.3 Å². The summed E-state index contributed by atoms with van der Waals surface area (Å²) in [5.41, 5.74) is 2.21. The van der Waals surface area contributed by atoms with E-state index in [1.54, 1.807) is 6.20 Å². The molecule has 0 saturated heterocycles. The average molecular weight is 190 g/mol. The Hall–Kier alpha value is 0.786. The SMILES string of the molecule is CC.Cc1[c-]cnc(C)c1.[CH3-].[K+]. The van der Waals surface area contributed by atoms with Gasteiger partial charge in [0.05, 0.1) is 0 Å². The van der Waals surface area contributed by atoms with Gasteiger partial charge >= 0.3 is 51.4 Å². The maximum atomic E-state index is 3.98.